The first-order valence-corrected chi connectivity index (χ1v) is 7.81. The van der Waals surface area contributed by atoms with Crippen LogP contribution < -0.4 is 0 Å². The molecule has 0 bridgehead atoms. The number of piperidine rings is 1. The van der Waals surface area contributed by atoms with Crippen LogP contribution in [-0.2, 0) is 14.3 Å². The second-order valence-corrected chi connectivity index (χ2v) is 5.63. The molecule has 0 aromatic rings. The van der Waals surface area contributed by atoms with Gasteiger partial charge in [-0.2, -0.15) is 11.8 Å². The van der Waals surface area contributed by atoms with E-state index in [2.05, 4.69) is 6.92 Å². The van der Waals surface area contributed by atoms with Gasteiger partial charge in [-0.25, -0.2) is 4.79 Å². The summed E-state index contributed by atoms with van der Waals surface area (Å²) in [4.78, 5) is 25.4. The third-order valence-corrected chi connectivity index (χ3v) is 4.19. The van der Waals surface area contributed by atoms with Crippen molar-refractivity contribution in [3.8, 4) is 0 Å². The highest BCUT2D eigenvalue weighted by atomic mass is 32.2. The van der Waals surface area contributed by atoms with Crippen LogP contribution in [0, 0.1) is 0 Å². The molecule has 18 heavy (non-hydrogen) atoms. The van der Waals surface area contributed by atoms with Gasteiger partial charge in [0.15, 0.2) is 0 Å². The van der Waals surface area contributed by atoms with Crippen molar-refractivity contribution in [3.63, 3.8) is 0 Å². The van der Waals surface area contributed by atoms with Gasteiger partial charge in [-0.05, 0) is 31.4 Å². The summed E-state index contributed by atoms with van der Waals surface area (Å²) in [5.74, 6) is 1.29. The van der Waals surface area contributed by atoms with Gasteiger partial charge < -0.3 is 9.64 Å². The van der Waals surface area contributed by atoms with Crippen molar-refractivity contribution in [1.29, 1.82) is 0 Å². The average molecular weight is 273 g/mol. The van der Waals surface area contributed by atoms with E-state index in [0.717, 1.165) is 37.9 Å². The topological polar surface area (TPSA) is 46.6 Å². The molecule has 1 amide bonds. The molecule has 4 nitrogen and oxygen atoms in total. The van der Waals surface area contributed by atoms with Crippen LogP contribution in [0.25, 0.3) is 0 Å². The van der Waals surface area contributed by atoms with Crippen molar-refractivity contribution >= 4 is 23.6 Å². The number of carbonyl (C=O) groups excluding carboxylic acids is 2. The van der Waals surface area contributed by atoms with E-state index >= 15 is 0 Å². The Morgan fingerprint density at radius 3 is 2.83 bits per heavy atom. The molecular weight excluding hydrogens is 250 g/mol. The molecule has 0 saturated carbocycles. The van der Waals surface area contributed by atoms with E-state index in [-0.39, 0.29) is 17.9 Å². The molecule has 1 aliphatic heterocycles. The number of likely N-dealkylation sites (tertiary alicyclic amines) is 1. The number of carbonyl (C=O) groups is 2. The van der Waals surface area contributed by atoms with Crippen molar-refractivity contribution in [3.05, 3.63) is 0 Å². The van der Waals surface area contributed by atoms with Crippen molar-refractivity contribution in [2.24, 2.45) is 0 Å². The molecule has 0 radical (unpaired) electrons. The quantitative estimate of drug-likeness (QED) is 0.549. The summed E-state index contributed by atoms with van der Waals surface area (Å²) in [5.41, 5.74) is 0. The highest BCUT2D eigenvalue weighted by molar-refractivity contribution is 7.99. The van der Waals surface area contributed by atoms with Gasteiger partial charge in [-0.1, -0.05) is 13.3 Å². The summed E-state index contributed by atoms with van der Waals surface area (Å²) in [6.07, 6.45) is 5.00. The van der Waals surface area contributed by atoms with E-state index in [1.807, 2.05) is 0 Å². The summed E-state index contributed by atoms with van der Waals surface area (Å²) < 4.78 is 4.77. The van der Waals surface area contributed by atoms with Gasteiger partial charge in [0.1, 0.15) is 6.04 Å². The van der Waals surface area contributed by atoms with Crippen LogP contribution in [-0.4, -0.2) is 48.0 Å². The zero-order valence-corrected chi connectivity index (χ0v) is 12.1. The summed E-state index contributed by atoms with van der Waals surface area (Å²) in [5, 5.41) is 0. The Hall–Kier alpha value is -0.710. The number of amides is 1. The van der Waals surface area contributed by atoms with E-state index in [1.165, 1.54) is 7.11 Å². The van der Waals surface area contributed by atoms with Gasteiger partial charge in [-0.15, -0.1) is 0 Å². The summed E-state index contributed by atoms with van der Waals surface area (Å²) in [6, 6.07) is -0.358. The number of thioether (sulfide) groups is 1. The highest BCUT2D eigenvalue weighted by Crippen LogP contribution is 2.19. The Morgan fingerprint density at radius 1 is 1.39 bits per heavy atom. The molecule has 1 rings (SSSR count). The number of nitrogens with zero attached hydrogens (tertiary/aromatic N) is 1. The van der Waals surface area contributed by atoms with E-state index in [0.29, 0.717) is 12.3 Å². The molecule has 1 saturated heterocycles. The second kappa shape index (κ2) is 8.40. The molecule has 0 N–H and O–H groups in total. The second-order valence-electron chi connectivity index (χ2n) is 4.53. The fraction of sp³-hybridized carbons (Fsp3) is 0.846. The molecule has 1 aliphatic rings. The van der Waals surface area contributed by atoms with Gasteiger partial charge in [0.25, 0.3) is 0 Å². The van der Waals surface area contributed by atoms with Crippen LogP contribution in [0.4, 0.5) is 0 Å². The van der Waals surface area contributed by atoms with Crippen LogP contribution in [0.1, 0.15) is 39.0 Å². The molecule has 104 valence electrons. The maximum atomic E-state index is 12.1. The van der Waals surface area contributed by atoms with E-state index in [4.69, 9.17) is 4.74 Å². The Bertz CT molecular complexity index is 283. The van der Waals surface area contributed by atoms with Crippen LogP contribution >= 0.6 is 11.8 Å². The number of hydrogen-bond acceptors (Lipinski definition) is 4. The van der Waals surface area contributed by atoms with E-state index in [9.17, 15) is 9.59 Å². The SMILES string of the molecule is CCCCSCC(=O)N1CCCCC1C(=O)OC. The molecule has 0 aromatic carbocycles. The number of ether oxygens (including phenoxy) is 1. The van der Waals surface area contributed by atoms with E-state index in [1.54, 1.807) is 16.7 Å². The van der Waals surface area contributed by atoms with Crippen LogP contribution in [0.2, 0.25) is 0 Å². The molecular formula is C13H23NO3S. The molecule has 0 aromatic heterocycles. The average Bonchev–Trinajstić information content (AvgIpc) is 2.42. The number of hydrogen-bond donors (Lipinski definition) is 0. The van der Waals surface area contributed by atoms with Crippen molar-refractivity contribution in [2.45, 2.75) is 45.1 Å². The lowest BCUT2D eigenvalue weighted by Gasteiger charge is -2.33. The highest BCUT2D eigenvalue weighted by Gasteiger charge is 2.32. The van der Waals surface area contributed by atoms with Crippen molar-refractivity contribution in [2.75, 3.05) is 25.2 Å². The third-order valence-electron chi connectivity index (χ3n) is 3.16. The van der Waals surface area contributed by atoms with Gasteiger partial charge >= 0.3 is 5.97 Å². The van der Waals surface area contributed by atoms with Crippen LogP contribution in [0.15, 0.2) is 0 Å². The normalized spacial score (nSPS) is 19.7. The molecule has 5 heteroatoms. The number of methoxy groups -OCH3 is 1. The predicted molar refractivity (Wildman–Crippen MR) is 73.6 cm³/mol. The zero-order valence-electron chi connectivity index (χ0n) is 11.3. The van der Waals surface area contributed by atoms with Gasteiger partial charge in [0, 0.05) is 6.54 Å². The first kappa shape index (κ1) is 15.3. The van der Waals surface area contributed by atoms with Gasteiger partial charge in [0.05, 0.1) is 12.9 Å². The Balaban J connectivity index is 2.44. The maximum absolute atomic E-state index is 12.1. The maximum Gasteiger partial charge on any atom is 0.328 e. The molecule has 0 spiro atoms. The zero-order chi connectivity index (χ0) is 13.4. The fourth-order valence-electron chi connectivity index (χ4n) is 2.10. The fourth-order valence-corrected chi connectivity index (χ4v) is 3.08. The third kappa shape index (κ3) is 4.52. The number of unbranched alkanes of at least 4 members (excludes halogenated alkanes) is 1. The predicted octanol–water partition coefficient (Wildman–Crippen LogP) is 2.07. The Labute approximate surface area is 113 Å². The lowest BCUT2D eigenvalue weighted by atomic mass is 10.0. The lowest BCUT2D eigenvalue weighted by molar-refractivity contribution is -0.153. The summed E-state index contributed by atoms with van der Waals surface area (Å²) in [6.45, 7) is 2.83. The monoisotopic (exact) mass is 273 g/mol. The smallest absolute Gasteiger partial charge is 0.328 e. The van der Waals surface area contributed by atoms with Gasteiger partial charge in [-0.3, -0.25) is 4.79 Å². The first-order valence-electron chi connectivity index (χ1n) is 6.65. The summed E-state index contributed by atoms with van der Waals surface area (Å²) >= 11 is 1.66. The van der Waals surface area contributed by atoms with Crippen molar-refractivity contribution in [1.82, 2.24) is 4.90 Å². The van der Waals surface area contributed by atoms with E-state index < -0.39 is 0 Å². The minimum absolute atomic E-state index is 0.0752. The minimum Gasteiger partial charge on any atom is -0.467 e. The molecule has 1 heterocycles. The molecule has 1 fully saturated rings. The number of esters is 1. The Morgan fingerprint density at radius 2 is 2.17 bits per heavy atom. The van der Waals surface area contributed by atoms with Crippen LogP contribution in [0.5, 0.6) is 0 Å². The largest absolute Gasteiger partial charge is 0.467 e. The molecule has 1 atom stereocenters. The lowest BCUT2D eigenvalue weighted by Crippen LogP contribution is -2.49. The summed E-state index contributed by atoms with van der Waals surface area (Å²) in [7, 11) is 1.38. The first-order chi connectivity index (χ1) is 8.70. The van der Waals surface area contributed by atoms with Crippen molar-refractivity contribution < 1.29 is 14.3 Å². The van der Waals surface area contributed by atoms with Crippen LogP contribution in [0.3, 0.4) is 0 Å². The number of rotatable bonds is 6. The standard InChI is InChI=1S/C13H23NO3S/c1-3-4-9-18-10-12(15)14-8-6-5-7-11(14)13(16)17-2/h11H,3-10H2,1-2H3. The Kier molecular flexibility index (Phi) is 7.16. The molecule has 0 aliphatic carbocycles. The minimum atomic E-state index is -0.358. The molecule has 1 unspecified atom stereocenters. The van der Waals surface area contributed by atoms with Gasteiger partial charge in [0.2, 0.25) is 5.91 Å².